The van der Waals surface area contributed by atoms with Crippen LogP contribution in [0.3, 0.4) is 0 Å². The Morgan fingerprint density at radius 3 is 2.63 bits per heavy atom. The Labute approximate surface area is 120 Å². The maximum atomic E-state index is 11.9. The number of hydrogen-bond donors (Lipinski definition) is 2. The molecule has 0 radical (unpaired) electrons. The second kappa shape index (κ2) is 5.23. The Morgan fingerprint density at radius 2 is 2.11 bits per heavy atom. The molecule has 2 rings (SSSR count). The number of thiophene rings is 1. The number of carbonyl (C=O) groups is 1. The summed E-state index contributed by atoms with van der Waals surface area (Å²) in [6.45, 7) is 0. The Morgan fingerprint density at radius 1 is 1.37 bits per heavy atom. The zero-order valence-electron chi connectivity index (χ0n) is 9.07. The van der Waals surface area contributed by atoms with Crippen molar-refractivity contribution in [1.82, 2.24) is 9.97 Å². The molecular weight excluding hydrogens is 358 g/mol. The normalized spacial score (nSPS) is 11.2. The first kappa shape index (κ1) is 13.9. The number of anilines is 1. The Balaban J connectivity index is 2.26. The zero-order chi connectivity index (χ0) is 14.0. The minimum absolute atomic E-state index is 0.0475. The van der Waals surface area contributed by atoms with Gasteiger partial charge in [0.15, 0.2) is 5.82 Å². The Kier molecular flexibility index (Phi) is 3.83. The first-order valence-electron chi connectivity index (χ1n) is 4.71. The van der Waals surface area contributed by atoms with Gasteiger partial charge in [-0.1, -0.05) is 0 Å². The van der Waals surface area contributed by atoms with Gasteiger partial charge in [0, 0.05) is 5.38 Å². The third kappa shape index (κ3) is 3.28. The van der Waals surface area contributed by atoms with Crippen LogP contribution in [0.15, 0.2) is 33.3 Å². The van der Waals surface area contributed by atoms with Crippen molar-refractivity contribution in [3.05, 3.63) is 33.3 Å². The van der Waals surface area contributed by atoms with E-state index in [1.165, 1.54) is 17.8 Å². The highest BCUT2D eigenvalue weighted by Gasteiger charge is 2.19. The van der Waals surface area contributed by atoms with E-state index in [0.29, 0.717) is 4.60 Å². The summed E-state index contributed by atoms with van der Waals surface area (Å²) in [4.78, 5) is 18.2. The minimum Gasteiger partial charge on any atom is -0.477 e. The Bertz CT molecular complexity index is 711. The first-order valence-corrected chi connectivity index (χ1v) is 7.86. The van der Waals surface area contributed by atoms with Gasteiger partial charge in [-0.2, -0.15) is 0 Å². The van der Waals surface area contributed by atoms with E-state index in [9.17, 15) is 13.2 Å². The number of nitrogens with zero attached hydrogens (tertiary/aromatic N) is 2. The van der Waals surface area contributed by atoms with Gasteiger partial charge in [0.25, 0.3) is 10.0 Å². The highest BCUT2D eigenvalue weighted by Crippen LogP contribution is 2.21. The molecule has 0 unspecified atom stereocenters. The van der Waals surface area contributed by atoms with Crippen molar-refractivity contribution in [1.29, 1.82) is 0 Å². The molecule has 7 nitrogen and oxygen atoms in total. The van der Waals surface area contributed by atoms with Gasteiger partial charge in [-0.25, -0.2) is 23.2 Å². The summed E-state index contributed by atoms with van der Waals surface area (Å²) < 4.78 is 26.6. The molecule has 2 heterocycles. The highest BCUT2D eigenvalue weighted by atomic mass is 79.9. The quantitative estimate of drug-likeness (QED) is 0.856. The number of hydrogen-bond acceptors (Lipinski definition) is 6. The molecule has 10 heteroatoms. The molecule has 0 amide bonds. The molecule has 0 atom stereocenters. The SMILES string of the molecule is O=C(O)c1cc(S(=O)(=O)Nc2cnc(Br)cn2)cs1. The minimum atomic E-state index is -3.86. The molecule has 2 aromatic heterocycles. The lowest BCUT2D eigenvalue weighted by atomic mass is 10.5. The molecule has 0 aromatic carbocycles. The van der Waals surface area contributed by atoms with E-state index in [-0.39, 0.29) is 15.6 Å². The molecule has 2 aromatic rings. The van der Waals surface area contributed by atoms with Crippen molar-refractivity contribution >= 4 is 49.1 Å². The zero-order valence-corrected chi connectivity index (χ0v) is 12.3. The maximum Gasteiger partial charge on any atom is 0.345 e. The van der Waals surface area contributed by atoms with Gasteiger partial charge in [-0.15, -0.1) is 11.3 Å². The van der Waals surface area contributed by atoms with Crippen LogP contribution < -0.4 is 4.72 Å². The molecule has 0 spiro atoms. The van der Waals surface area contributed by atoms with Crippen molar-refractivity contribution in [2.24, 2.45) is 0 Å². The second-order valence-corrected chi connectivity index (χ2v) is 6.69. The molecule has 100 valence electrons. The summed E-state index contributed by atoms with van der Waals surface area (Å²) in [5.41, 5.74) is 0. The van der Waals surface area contributed by atoms with Crippen LogP contribution in [0.25, 0.3) is 0 Å². The van der Waals surface area contributed by atoms with Crippen LogP contribution in [0, 0.1) is 0 Å². The molecule has 19 heavy (non-hydrogen) atoms. The molecule has 0 saturated carbocycles. The maximum absolute atomic E-state index is 11.9. The fraction of sp³-hybridized carbons (Fsp3) is 0. The lowest BCUT2D eigenvalue weighted by molar-refractivity contribution is 0.0702. The van der Waals surface area contributed by atoms with Crippen LogP contribution in [-0.2, 0) is 10.0 Å². The summed E-state index contributed by atoms with van der Waals surface area (Å²) >= 11 is 3.91. The third-order valence-electron chi connectivity index (χ3n) is 1.96. The standard InChI is InChI=1S/C9H6BrN3O4S2/c10-7-2-12-8(3-11-7)13-19(16,17)5-1-6(9(14)15)18-4-5/h1-4H,(H,12,13)(H,14,15). The first-order chi connectivity index (χ1) is 8.88. The molecule has 2 N–H and O–H groups in total. The van der Waals surface area contributed by atoms with Crippen LogP contribution in [0.5, 0.6) is 0 Å². The fourth-order valence-corrected chi connectivity index (χ4v) is 3.44. The summed E-state index contributed by atoms with van der Waals surface area (Å²) in [6, 6.07) is 1.08. The van der Waals surface area contributed by atoms with Gasteiger partial charge in [0.05, 0.1) is 17.3 Å². The van der Waals surface area contributed by atoms with Crippen LogP contribution >= 0.6 is 27.3 Å². The number of aromatic carboxylic acids is 1. The van der Waals surface area contributed by atoms with E-state index in [0.717, 1.165) is 17.4 Å². The average molecular weight is 364 g/mol. The number of halogens is 1. The van der Waals surface area contributed by atoms with Gasteiger partial charge < -0.3 is 5.11 Å². The van der Waals surface area contributed by atoms with Crippen molar-refractivity contribution in [3.8, 4) is 0 Å². The van der Waals surface area contributed by atoms with Gasteiger partial charge in [0.1, 0.15) is 9.48 Å². The van der Waals surface area contributed by atoms with Gasteiger partial charge >= 0.3 is 5.97 Å². The van der Waals surface area contributed by atoms with E-state index in [4.69, 9.17) is 5.11 Å². The smallest absolute Gasteiger partial charge is 0.345 e. The van der Waals surface area contributed by atoms with Crippen LogP contribution in [0.4, 0.5) is 5.82 Å². The molecule has 0 bridgehead atoms. The summed E-state index contributed by atoms with van der Waals surface area (Å²) in [5.74, 6) is -1.12. The monoisotopic (exact) mass is 363 g/mol. The van der Waals surface area contributed by atoms with Crippen molar-refractivity contribution in [2.75, 3.05) is 4.72 Å². The van der Waals surface area contributed by atoms with Crippen LogP contribution in [-0.4, -0.2) is 29.5 Å². The second-order valence-electron chi connectivity index (χ2n) is 3.28. The van der Waals surface area contributed by atoms with Crippen LogP contribution in [0.1, 0.15) is 9.67 Å². The number of sulfonamides is 1. The summed E-state index contributed by atoms with van der Waals surface area (Å²) in [5, 5.41) is 10.00. The summed E-state index contributed by atoms with van der Waals surface area (Å²) in [7, 11) is -3.86. The lowest BCUT2D eigenvalue weighted by Gasteiger charge is -2.04. The highest BCUT2D eigenvalue weighted by molar-refractivity contribution is 9.10. The van der Waals surface area contributed by atoms with Crippen molar-refractivity contribution < 1.29 is 18.3 Å². The molecule has 0 saturated heterocycles. The van der Waals surface area contributed by atoms with Gasteiger partial charge in [-0.3, -0.25) is 4.72 Å². The summed E-state index contributed by atoms with van der Waals surface area (Å²) in [6.07, 6.45) is 2.58. The van der Waals surface area contributed by atoms with Gasteiger partial charge in [0.2, 0.25) is 0 Å². The molecule has 0 aliphatic rings. The third-order valence-corrected chi connectivity index (χ3v) is 4.77. The molecular formula is C9H6BrN3O4S2. The molecule has 0 aliphatic carbocycles. The van der Waals surface area contributed by atoms with E-state index in [2.05, 4.69) is 30.6 Å². The number of nitrogens with one attached hydrogen (secondary N) is 1. The predicted molar refractivity (Wildman–Crippen MR) is 71.8 cm³/mol. The predicted octanol–water partition coefficient (Wildman–Crippen LogP) is 1.80. The fourth-order valence-electron chi connectivity index (χ4n) is 1.13. The van der Waals surface area contributed by atoms with E-state index < -0.39 is 16.0 Å². The Hall–Kier alpha value is -1.52. The average Bonchev–Trinajstić information content (AvgIpc) is 2.82. The largest absolute Gasteiger partial charge is 0.477 e. The number of aromatic nitrogens is 2. The molecule has 0 aliphatic heterocycles. The van der Waals surface area contributed by atoms with Crippen LogP contribution in [0.2, 0.25) is 0 Å². The topological polar surface area (TPSA) is 109 Å². The van der Waals surface area contributed by atoms with Crippen molar-refractivity contribution in [3.63, 3.8) is 0 Å². The number of carboxylic acid groups (broad SMARTS) is 1. The number of carboxylic acids is 1. The van der Waals surface area contributed by atoms with Crippen molar-refractivity contribution in [2.45, 2.75) is 4.90 Å². The van der Waals surface area contributed by atoms with E-state index >= 15 is 0 Å². The lowest BCUT2D eigenvalue weighted by Crippen LogP contribution is -2.13. The van der Waals surface area contributed by atoms with E-state index in [1.54, 1.807) is 0 Å². The molecule has 0 fully saturated rings. The number of rotatable bonds is 4. The van der Waals surface area contributed by atoms with E-state index in [1.807, 2.05) is 0 Å². The van der Waals surface area contributed by atoms with Gasteiger partial charge in [-0.05, 0) is 22.0 Å².